The summed E-state index contributed by atoms with van der Waals surface area (Å²) in [6.45, 7) is 8.76. The molecule has 0 bridgehead atoms. The zero-order valence-electron chi connectivity index (χ0n) is 12.1. The van der Waals surface area contributed by atoms with E-state index in [2.05, 4.69) is 58.2 Å². The molecule has 106 valence electrons. The van der Waals surface area contributed by atoms with Crippen molar-refractivity contribution in [3.8, 4) is 0 Å². The Morgan fingerprint density at radius 2 is 2.21 bits per heavy atom. The summed E-state index contributed by atoms with van der Waals surface area (Å²) in [5.74, 6) is 0. The second kappa shape index (κ2) is 7.41. The average molecular weight is 325 g/mol. The fraction of sp³-hybridized carbons (Fsp3) is 0.625. The Kier molecular flexibility index (Phi) is 5.86. The molecule has 0 aromatic heterocycles. The molecule has 0 amide bonds. The zero-order chi connectivity index (χ0) is 13.7. The molecule has 1 fully saturated rings. The van der Waals surface area contributed by atoms with Crippen LogP contribution in [0.15, 0.2) is 22.7 Å². The van der Waals surface area contributed by atoms with Crippen molar-refractivity contribution >= 4 is 15.9 Å². The highest BCUT2D eigenvalue weighted by Gasteiger charge is 2.23. The molecule has 0 aliphatic carbocycles. The summed E-state index contributed by atoms with van der Waals surface area (Å²) >= 11 is 3.73. The Morgan fingerprint density at radius 1 is 1.37 bits per heavy atom. The van der Waals surface area contributed by atoms with Gasteiger partial charge in [-0.05, 0) is 49.5 Å². The quantitative estimate of drug-likeness (QED) is 0.852. The average Bonchev–Trinajstić information content (AvgIpc) is 2.86. The van der Waals surface area contributed by atoms with Crippen LogP contribution < -0.4 is 5.32 Å². The lowest BCUT2D eigenvalue weighted by Gasteiger charge is -2.24. The Morgan fingerprint density at radius 3 is 2.89 bits per heavy atom. The number of halogens is 1. The minimum Gasteiger partial charge on any atom is -0.313 e. The van der Waals surface area contributed by atoms with E-state index in [1.807, 2.05) is 0 Å². The van der Waals surface area contributed by atoms with Gasteiger partial charge in [0.2, 0.25) is 0 Å². The molecule has 2 nitrogen and oxygen atoms in total. The van der Waals surface area contributed by atoms with Crippen LogP contribution in [-0.4, -0.2) is 24.0 Å². The highest BCUT2D eigenvalue weighted by Crippen LogP contribution is 2.26. The molecule has 1 aromatic carbocycles. The fourth-order valence-corrected chi connectivity index (χ4v) is 3.43. The Balaban J connectivity index is 2.00. The number of likely N-dealkylation sites (tertiary alicyclic amines) is 1. The molecule has 1 atom stereocenters. The Labute approximate surface area is 125 Å². The molecule has 0 saturated carbocycles. The molecule has 1 aliphatic rings. The zero-order valence-corrected chi connectivity index (χ0v) is 13.7. The smallest absolute Gasteiger partial charge is 0.0247 e. The summed E-state index contributed by atoms with van der Waals surface area (Å²) in [5, 5.41) is 3.37. The van der Waals surface area contributed by atoms with Crippen LogP contribution in [0.1, 0.15) is 44.2 Å². The SMILES string of the molecule is CCNCc1ccc(CN2CCCC2CC)c(Br)c1. The van der Waals surface area contributed by atoms with E-state index in [1.165, 1.54) is 41.4 Å². The molecule has 2 rings (SSSR count). The maximum atomic E-state index is 3.73. The van der Waals surface area contributed by atoms with Crippen molar-refractivity contribution in [1.29, 1.82) is 0 Å². The first-order valence-corrected chi connectivity index (χ1v) is 8.26. The monoisotopic (exact) mass is 324 g/mol. The van der Waals surface area contributed by atoms with Crippen molar-refractivity contribution in [3.63, 3.8) is 0 Å². The summed E-state index contributed by atoms with van der Waals surface area (Å²) in [7, 11) is 0. The van der Waals surface area contributed by atoms with Crippen LogP contribution in [0.3, 0.4) is 0 Å². The number of rotatable bonds is 6. The highest BCUT2D eigenvalue weighted by molar-refractivity contribution is 9.10. The molecule has 1 aromatic rings. The second-order valence-electron chi connectivity index (χ2n) is 5.38. The molecule has 1 unspecified atom stereocenters. The standard InChI is InChI=1S/C16H25BrN2/c1-3-15-6-5-9-19(15)12-14-8-7-13(10-16(14)17)11-18-4-2/h7-8,10,15,18H,3-6,9,11-12H2,1-2H3. The van der Waals surface area contributed by atoms with Gasteiger partial charge >= 0.3 is 0 Å². The van der Waals surface area contributed by atoms with Gasteiger partial charge in [-0.25, -0.2) is 0 Å². The Hall–Kier alpha value is -0.380. The lowest BCUT2D eigenvalue weighted by Crippen LogP contribution is -2.28. The Bertz CT molecular complexity index is 406. The topological polar surface area (TPSA) is 15.3 Å². The van der Waals surface area contributed by atoms with Crippen LogP contribution in [0.2, 0.25) is 0 Å². The van der Waals surface area contributed by atoms with Gasteiger partial charge in [-0.2, -0.15) is 0 Å². The third-order valence-electron chi connectivity index (χ3n) is 4.04. The summed E-state index contributed by atoms with van der Waals surface area (Å²) in [6.07, 6.45) is 4.00. The van der Waals surface area contributed by atoms with Gasteiger partial charge in [0.25, 0.3) is 0 Å². The van der Waals surface area contributed by atoms with Gasteiger partial charge < -0.3 is 5.32 Å². The number of nitrogens with zero attached hydrogens (tertiary/aromatic N) is 1. The van der Waals surface area contributed by atoms with Crippen molar-refractivity contribution in [2.45, 2.75) is 52.2 Å². The van der Waals surface area contributed by atoms with E-state index in [1.54, 1.807) is 0 Å². The van der Waals surface area contributed by atoms with E-state index in [-0.39, 0.29) is 0 Å². The van der Waals surface area contributed by atoms with Gasteiger partial charge in [-0.3, -0.25) is 4.90 Å². The summed E-state index contributed by atoms with van der Waals surface area (Å²) in [6, 6.07) is 7.57. The van der Waals surface area contributed by atoms with Crippen LogP contribution in [0.4, 0.5) is 0 Å². The normalized spacial score (nSPS) is 20.1. The van der Waals surface area contributed by atoms with E-state index < -0.39 is 0 Å². The van der Waals surface area contributed by atoms with E-state index in [0.29, 0.717) is 0 Å². The van der Waals surface area contributed by atoms with Crippen LogP contribution >= 0.6 is 15.9 Å². The molecule has 0 spiro atoms. The van der Waals surface area contributed by atoms with Crippen molar-refractivity contribution < 1.29 is 0 Å². The van der Waals surface area contributed by atoms with Crippen LogP contribution in [0.5, 0.6) is 0 Å². The van der Waals surface area contributed by atoms with E-state index in [0.717, 1.165) is 25.7 Å². The molecule has 19 heavy (non-hydrogen) atoms. The third-order valence-corrected chi connectivity index (χ3v) is 4.78. The van der Waals surface area contributed by atoms with Crippen LogP contribution in [-0.2, 0) is 13.1 Å². The van der Waals surface area contributed by atoms with Gasteiger partial charge in [0.05, 0.1) is 0 Å². The summed E-state index contributed by atoms with van der Waals surface area (Å²) < 4.78 is 1.25. The lowest BCUT2D eigenvalue weighted by atomic mass is 10.1. The van der Waals surface area contributed by atoms with Gasteiger partial charge in [0.1, 0.15) is 0 Å². The van der Waals surface area contributed by atoms with Crippen molar-refractivity contribution in [3.05, 3.63) is 33.8 Å². The van der Waals surface area contributed by atoms with Gasteiger partial charge in [-0.1, -0.05) is 41.9 Å². The van der Waals surface area contributed by atoms with Crippen molar-refractivity contribution in [2.75, 3.05) is 13.1 Å². The molecule has 0 radical (unpaired) electrons. The molecule has 1 heterocycles. The van der Waals surface area contributed by atoms with Crippen molar-refractivity contribution in [2.24, 2.45) is 0 Å². The summed E-state index contributed by atoms with van der Waals surface area (Å²) in [5.41, 5.74) is 2.77. The van der Waals surface area contributed by atoms with Crippen LogP contribution in [0.25, 0.3) is 0 Å². The molecule has 1 aliphatic heterocycles. The van der Waals surface area contributed by atoms with E-state index in [4.69, 9.17) is 0 Å². The molecule has 1 N–H and O–H groups in total. The van der Waals surface area contributed by atoms with Gasteiger partial charge in [-0.15, -0.1) is 0 Å². The van der Waals surface area contributed by atoms with Gasteiger partial charge in [0.15, 0.2) is 0 Å². The lowest BCUT2D eigenvalue weighted by molar-refractivity contribution is 0.239. The van der Waals surface area contributed by atoms with E-state index in [9.17, 15) is 0 Å². The molecule has 3 heteroatoms. The number of hydrogen-bond donors (Lipinski definition) is 1. The number of nitrogens with one attached hydrogen (secondary N) is 1. The fourth-order valence-electron chi connectivity index (χ4n) is 2.88. The molecular weight excluding hydrogens is 300 g/mol. The highest BCUT2D eigenvalue weighted by atomic mass is 79.9. The largest absolute Gasteiger partial charge is 0.313 e. The summed E-state index contributed by atoms with van der Waals surface area (Å²) in [4.78, 5) is 2.63. The van der Waals surface area contributed by atoms with E-state index >= 15 is 0 Å². The maximum absolute atomic E-state index is 3.73. The third kappa shape index (κ3) is 4.04. The first kappa shape index (κ1) is 15.0. The minimum absolute atomic E-state index is 0.785. The number of benzene rings is 1. The molecule has 1 saturated heterocycles. The maximum Gasteiger partial charge on any atom is 0.0247 e. The predicted octanol–water partition coefficient (Wildman–Crippen LogP) is 3.93. The second-order valence-corrected chi connectivity index (χ2v) is 6.24. The predicted molar refractivity (Wildman–Crippen MR) is 85.2 cm³/mol. The molecular formula is C16H25BrN2. The first-order chi connectivity index (χ1) is 9.24. The van der Waals surface area contributed by atoms with Gasteiger partial charge in [0, 0.05) is 23.6 Å². The van der Waals surface area contributed by atoms with Crippen LogP contribution in [0, 0.1) is 0 Å². The van der Waals surface area contributed by atoms with Crippen molar-refractivity contribution in [1.82, 2.24) is 10.2 Å². The first-order valence-electron chi connectivity index (χ1n) is 7.46. The number of hydrogen-bond acceptors (Lipinski definition) is 2. The minimum atomic E-state index is 0.785.